The molecule has 0 saturated carbocycles. The van der Waals surface area contributed by atoms with Crippen LogP contribution in [-0.2, 0) is 14.4 Å². The Bertz CT molecular complexity index is 183. The molecule has 0 radical (unpaired) electrons. The van der Waals surface area contributed by atoms with Crippen LogP contribution in [0.4, 0.5) is 0 Å². The van der Waals surface area contributed by atoms with Crippen LogP contribution in [0.25, 0.3) is 0 Å². The summed E-state index contributed by atoms with van der Waals surface area (Å²) in [7, 11) is 0. The minimum atomic E-state index is 0.131. The molecule has 0 atom stereocenters. The number of amides is 1. The SMILES string of the molecule is O=C(C1CCOCC1)N1CCCO1. The molecule has 1 amide bonds. The fourth-order valence-corrected chi connectivity index (χ4v) is 1.77. The smallest absolute Gasteiger partial charge is 0.249 e. The minimum Gasteiger partial charge on any atom is -0.381 e. The van der Waals surface area contributed by atoms with E-state index in [4.69, 9.17) is 9.57 Å². The first kappa shape index (κ1) is 8.97. The van der Waals surface area contributed by atoms with Crippen molar-refractivity contribution in [1.29, 1.82) is 0 Å². The third kappa shape index (κ3) is 2.00. The van der Waals surface area contributed by atoms with Crippen LogP contribution >= 0.6 is 0 Å². The van der Waals surface area contributed by atoms with Gasteiger partial charge in [-0.3, -0.25) is 9.63 Å². The summed E-state index contributed by atoms with van der Waals surface area (Å²) in [6, 6.07) is 0. The van der Waals surface area contributed by atoms with E-state index < -0.39 is 0 Å². The van der Waals surface area contributed by atoms with E-state index in [0.29, 0.717) is 19.8 Å². The Morgan fingerprint density at radius 3 is 2.62 bits per heavy atom. The molecule has 0 spiro atoms. The Hall–Kier alpha value is -0.610. The third-order valence-corrected chi connectivity index (χ3v) is 2.57. The quantitative estimate of drug-likeness (QED) is 0.599. The average Bonchev–Trinajstić information content (AvgIpc) is 2.71. The standard InChI is InChI=1S/C9H15NO3/c11-9(10-4-1-5-13-10)8-2-6-12-7-3-8/h8H,1-7H2. The number of rotatable bonds is 1. The first-order valence-electron chi connectivity index (χ1n) is 4.90. The van der Waals surface area contributed by atoms with Gasteiger partial charge < -0.3 is 4.74 Å². The first-order chi connectivity index (χ1) is 6.38. The molecule has 2 aliphatic heterocycles. The van der Waals surface area contributed by atoms with Gasteiger partial charge in [-0.05, 0) is 19.3 Å². The van der Waals surface area contributed by atoms with Gasteiger partial charge in [-0.2, -0.15) is 0 Å². The Labute approximate surface area is 77.7 Å². The molecule has 0 aliphatic carbocycles. The van der Waals surface area contributed by atoms with Crippen molar-refractivity contribution in [3.05, 3.63) is 0 Å². The van der Waals surface area contributed by atoms with Gasteiger partial charge in [0.1, 0.15) is 0 Å². The molecule has 0 aromatic rings. The summed E-state index contributed by atoms with van der Waals surface area (Å²) in [5.41, 5.74) is 0. The van der Waals surface area contributed by atoms with Crippen LogP contribution < -0.4 is 0 Å². The van der Waals surface area contributed by atoms with Gasteiger partial charge in [0.2, 0.25) is 5.91 Å². The lowest BCUT2D eigenvalue weighted by molar-refractivity contribution is -0.176. The zero-order chi connectivity index (χ0) is 9.10. The molecule has 2 rings (SSSR count). The monoisotopic (exact) mass is 185 g/mol. The van der Waals surface area contributed by atoms with E-state index in [0.717, 1.165) is 25.8 Å². The van der Waals surface area contributed by atoms with Crippen molar-refractivity contribution in [2.45, 2.75) is 19.3 Å². The molecule has 4 heteroatoms. The van der Waals surface area contributed by atoms with Gasteiger partial charge in [-0.1, -0.05) is 0 Å². The molecule has 0 unspecified atom stereocenters. The summed E-state index contributed by atoms with van der Waals surface area (Å²) in [5, 5.41) is 1.52. The maximum absolute atomic E-state index is 11.7. The second-order valence-electron chi connectivity index (χ2n) is 3.51. The third-order valence-electron chi connectivity index (χ3n) is 2.57. The Kier molecular flexibility index (Phi) is 2.80. The van der Waals surface area contributed by atoms with E-state index in [1.165, 1.54) is 5.06 Å². The largest absolute Gasteiger partial charge is 0.381 e. The second kappa shape index (κ2) is 4.07. The van der Waals surface area contributed by atoms with E-state index in [1.807, 2.05) is 0 Å². The summed E-state index contributed by atoms with van der Waals surface area (Å²) in [4.78, 5) is 17.0. The highest BCUT2D eigenvalue weighted by molar-refractivity contribution is 5.78. The zero-order valence-electron chi connectivity index (χ0n) is 7.70. The molecule has 2 fully saturated rings. The van der Waals surface area contributed by atoms with Gasteiger partial charge in [-0.25, -0.2) is 5.06 Å². The highest BCUT2D eigenvalue weighted by atomic mass is 16.7. The summed E-state index contributed by atoms with van der Waals surface area (Å²) in [6.45, 7) is 2.87. The van der Waals surface area contributed by atoms with Crippen LogP contribution in [0.15, 0.2) is 0 Å². The number of ether oxygens (including phenoxy) is 1. The number of nitrogens with zero attached hydrogens (tertiary/aromatic N) is 1. The summed E-state index contributed by atoms with van der Waals surface area (Å²) < 4.78 is 5.20. The molecule has 0 aromatic carbocycles. The van der Waals surface area contributed by atoms with Crippen molar-refractivity contribution in [3.63, 3.8) is 0 Å². The lowest BCUT2D eigenvalue weighted by atomic mass is 9.99. The molecular formula is C9H15NO3. The normalized spacial score (nSPS) is 25.1. The molecule has 0 N–H and O–H groups in total. The van der Waals surface area contributed by atoms with Crippen molar-refractivity contribution in [3.8, 4) is 0 Å². The molecule has 2 heterocycles. The van der Waals surface area contributed by atoms with Crippen molar-refractivity contribution in [1.82, 2.24) is 5.06 Å². The molecule has 2 saturated heterocycles. The number of hydroxylamine groups is 2. The van der Waals surface area contributed by atoms with Crippen LogP contribution in [0.3, 0.4) is 0 Å². The second-order valence-corrected chi connectivity index (χ2v) is 3.51. The van der Waals surface area contributed by atoms with Crippen molar-refractivity contribution in [2.24, 2.45) is 5.92 Å². The van der Waals surface area contributed by atoms with E-state index >= 15 is 0 Å². The van der Waals surface area contributed by atoms with Crippen molar-refractivity contribution < 1.29 is 14.4 Å². The molecule has 74 valence electrons. The highest BCUT2D eigenvalue weighted by Crippen LogP contribution is 2.19. The number of carbonyl (C=O) groups excluding carboxylic acids is 1. The Balaban J connectivity index is 1.87. The predicted molar refractivity (Wildman–Crippen MR) is 45.8 cm³/mol. The Morgan fingerprint density at radius 2 is 2.00 bits per heavy atom. The van der Waals surface area contributed by atoms with Crippen LogP contribution in [0, 0.1) is 5.92 Å². The lowest BCUT2D eigenvalue weighted by Gasteiger charge is -2.24. The summed E-state index contributed by atoms with van der Waals surface area (Å²) in [5.74, 6) is 0.285. The van der Waals surface area contributed by atoms with Crippen LogP contribution in [0.1, 0.15) is 19.3 Å². The Morgan fingerprint density at radius 1 is 1.23 bits per heavy atom. The number of carbonyl (C=O) groups is 1. The molecule has 0 aromatic heterocycles. The van der Waals surface area contributed by atoms with E-state index in [-0.39, 0.29) is 11.8 Å². The van der Waals surface area contributed by atoms with E-state index in [2.05, 4.69) is 0 Å². The fraction of sp³-hybridized carbons (Fsp3) is 0.889. The molecule has 2 aliphatic rings. The summed E-state index contributed by atoms with van der Waals surface area (Å²) >= 11 is 0. The average molecular weight is 185 g/mol. The van der Waals surface area contributed by atoms with Gasteiger partial charge in [0.25, 0.3) is 0 Å². The van der Waals surface area contributed by atoms with Gasteiger partial charge in [0.05, 0.1) is 13.2 Å². The predicted octanol–water partition coefficient (Wildman–Crippen LogP) is 0.577. The minimum absolute atomic E-state index is 0.131. The number of hydrogen-bond donors (Lipinski definition) is 0. The molecule has 13 heavy (non-hydrogen) atoms. The topological polar surface area (TPSA) is 38.8 Å². The van der Waals surface area contributed by atoms with Gasteiger partial charge in [0, 0.05) is 19.1 Å². The lowest BCUT2D eigenvalue weighted by Crippen LogP contribution is -2.35. The number of hydrogen-bond acceptors (Lipinski definition) is 3. The van der Waals surface area contributed by atoms with Crippen LogP contribution in [0.2, 0.25) is 0 Å². The zero-order valence-corrected chi connectivity index (χ0v) is 7.70. The van der Waals surface area contributed by atoms with Crippen molar-refractivity contribution in [2.75, 3.05) is 26.4 Å². The maximum Gasteiger partial charge on any atom is 0.249 e. The maximum atomic E-state index is 11.7. The molecule has 4 nitrogen and oxygen atoms in total. The van der Waals surface area contributed by atoms with Crippen molar-refractivity contribution >= 4 is 5.91 Å². The fourth-order valence-electron chi connectivity index (χ4n) is 1.77. The molecular weight excluding hydrogens is 170 g/mol. The highest BCUT2D eigenvalue weighted by Gasteiger charge is 2.28. The van der Waals surface area contributed by atoms with Gasteiger partial charge >= 0.3 is 0 Å². The van der Waals surface area contributed by atoms with Gasteiger partial charge in [-0.15, -0.1) is 0 Å². The first-order valence-corrected chi connectivity index (χ1v) is 4.90. The van der Waals surface area contributed by atoms with Crippen LogP contribution in [-0.4, -0.2) is 37.3 Å². The van der Waals surface area contributed by atoms with E-state index in [1.54, 1.807) is 0 Å². The van der Waals surface area contributed by atoms with E-state index in [9.17, 15) is 4.79 Å². The summed E-state index contributed by atoms with van der Waals surface area (Å²) in [6.07, 6.45) is 2.66. The molecule has 0 bridgehead atoms. The van der Waals surface area contributed by atoms with Gasteiger partial charge in [0.15, 0.2) is 0 Å². The van der Waals surface area contributed by atoms with Crippen LogP contribution in [0.5, 0.6) is 0 Å².